The average Bonchev–Trinajstić information content (AvgIpc) is 2.75. The first-order chi connectivity index (χ1) is 8.01. The number of nitrogens with two attached hydrogens (primary N) is 1. The van der Waals surface area contributed by atoms with Crippen LogP contribution in [0.1, 0.15) is 40.0 Å². The summed E-state index contributed by atoms with van der Waals surface area (Å²) in [5.41, 5.74) is 6.21. The van der Waals surface area contributed by atoms with Crippen molar-refractivity contribution in [3.63, 3.8) is 0 Å². The zero-order valence-corrected chi connectivity index (χ0v) is 12.0. The molecule has 0 radical (unpaired) electrons. The van der Waals surface area contributed by atoms with Gasteiger partial charge in [0.25, 0.3) is 0 Å². The largest absolute Gasteiger partial charge is 0.384 e. The van der Waals surface area contributed by atoms with Gasteiger partial charge in [-0.05, 0) is 44.6 Å². The summed E-state index contributed by atoms with van der Waals surface area (Å²) in [6.45, 7) is 10.9. The number of likely N-dealkylation sites (tertiary alicyclic amines) is 1. The predicted molar refractivity (Wildman–Crippen MR) is 73.1 cm³/mol. The van der Waals surface area contributed by atoms with Gasteiger partial charge in [-0.15, -0.1) is 0 Å². The summed E-state index contributed by atoms with van der Waals surface area (Å²) in [5.74, 6) is 1.46. The predicted octanol–water partition coefficient (Wildman–Crippen LogP) is 2.11. The molecular formula is C14H30N2O. The number of rotatable bonds is 7. The second-order valence-corrected chi connectivity index (χ2v) is 6.19. The summed E-state index contributed by atoms with van der Waals surface area (Å²) in [6.07, 6.45) is 3.73. The zero-order chi connectivity index (χ0) is 12.9. The molecular weight excluding hydrogens is 212 g/mol. The number of methoxy groups -OCH3 is 1. The third-order valence-corrected chi connectivity index (χ3v) is 4.15. The van der Waals surface area contributed by atoms with Crippen molar-refractivity contribution in [2.24, 2.45) is 17.6 Å². The van der Waals surface area contributed by atoms with Crippen LogP contribution in [0.4, 0.5) is 0 Å². The standard InChI is InChI=1S/C14H30N2O/c1-12(2)5-7-14(3,11-15)16-8-6-13(9-16)10-17-4/h12-13H,5-11,15H2,1-4H3. The van der Waals surface area contributed by atoms with Gasteiger partial charge in [-0.3, -0.25) is 4.90 Å². The van der Waals surface area contributed by atoms with Crippen molar-refractivity contribution in [3.05, 3.63) is 0 Å². The molecule has 0 saturated carbocycles. The highest BCUT2D eigenvalue weighted by atomic mass is 16.5. The molecule has 1 aliphatic rings. The third-order valence-electron chi connectivity index (χ3n) is 4.15. The van der Waals surface area contributed by atoms with Crippen molar-refractivity contribution in [1.82, 2.24) is 4.90 Å². The van der Waals surface area contributed by atoms with Crippen LogP contribution < -0.4 is 5.73 Å². The van der Waals surface area contributed by atoms with Crippen LogP contribution in [-0.4, -0.2) is 43.8 Å². The van der Waals surface area contributed by atoms with Crippen LogP contribution in [0.15, 0.2) is 0 Å². The van der Waals surface area contributed by atoms with Crippen LogP contribution in [0.25, 0.3) is 0 Å². The van der Waals surface area contributed by atoms with Gasteiger partial charge in [-0.1, -0.05) is 13.8 Å². The van der Waals surface area contributed by atoms with Gasteiger partial charge in [-0.25, -0.2) is 0 Å². The Kier molecular flexibility index (Phi) is 5.90. The average molecular weight is 242 g/mol. The van der Waals surface area contributed by atoms with E-state index in [9.17, 15) is 0 Å². The lowest BCUT2D eigenvalue weighted by Crippen LogP contribution is -2.50. The first kappa shape index (κ1) is 14.9. The summed E-state index contributed by atoms with van der Waals surface area (Å²) >= 11 is 0. The highest BCUT2D eigenvalue weighted by Gasteiger charge is 2.35. The molecule has 1 saturated heterocycles. The van der Waals surface area contributed by atoms with Crippen molar-refractivity contribution in [2.75, 3.05) is 33.4 Å². The summed E-state index contributed by atoms with van der Waals surface area (Å²) in [5, 5.41) is 0. The van der Waals surface area contributed by atoms with Crippen molar-refractivity contribution >= 4 is 0 Å². The minimum Gasteiger partial charge on any atom is -0.384 e. The Balaban J connectivity index is 2.49. The Morgan fingerprint density at radius 2 is 2.18 bits per heavy atom. The fourth-order valence-corrected chi connectivity index (χ4v) is 2.68. The van der Waals surface area contributed by atoms with Crippen LogP contribution in [0.2, 0.25) is 0 Å². The van der Waals surface area contributed by atoms with Gasteiger partial charge in [-0.2, -0.15) is 0 Å². The molecule has 0 bridgehead atoms. The molecule has 1 rings (SSSR count). The number of nitrogens with zero attached hydrogens (tertiary/aromatic N) is 1. The van der Waals surface area contributed by atoms with E-state index in [1.807, 2.05) is 0 Å². The molecule has 3 nitrogen and oxygen atoms in total. The van der Waals surface area contributed by atoms with Gasteiger partial charge >= 0.3 is 0 Å². The molecule has 2 atom stereocenters. The molecule has 0 aromatic carbocycles. The maximum absolute atomic E-state index is 6.02. The summed E-state index contributed by atoms with van der Waals surface area (Å²) in [6, 6.07) is 0. The lowest BCUT2D eigenvalue weighted by molar-refractivity contribution is 0.104. The van der Waals surface area contributed by atoms with E-state index in [-0.39, 0.29) is 5.54 Å². The quantitative estimate of drug-likeness (QED) is 0.743. The molecule has 3 heteroatoms. The Bertz CT molecular complexity index is 220. The van der Waals surface area contributed by atoms with Gasteiger partial charge in [0, 0.05) is 25.7 Å². The second-order valence-electron chi connectivity index (χ2n) is 6.19. The van der Waals surface area contributed by atoms with Crippen LogP contribution >= 0.6 is 0 Å². The van der Waals surface area contributed by atoms with E-state index < -0.39 is 0 Å². The zero-order valence-electron chi connectivity index (χ0n) is 12.0. The molecule has 0 amide bonds. The van der Waals surface area contributed by atoms with Crippen LogP contribution in [0, 0.1) is 11.8 Å². The monoisotopic (exact) mass is 242 g/mol. The Labute approximate surface area is 107 Å². The molecule has 2 N–H and O–H groups in total. The molecule has 1 fully saturated rings. The van der Waals surface area contributed by atoms with Crippen LogP contribution in [0.5, 0.6) is 0 Å². The van der Waals surface area contributed by atoms with E-state index in [1.54, 1.807) is 7.11 Å². The fourth-order valence-electron chi connectivity index (χ4n) is 2.68. The highest BCUT2D eigenvalue weighted by Crippen LogP contribution is 2.29. The van der Waals surface area contributed by atoms with Crippen LogP contribution in [-0.2, 0) is 4.74 Å². The van der Waals surface area contributed by atoms with Gasteiger partial charge in [0.1, 0.15) is 0 Å². The Hall–Kier alpha value is -0.120. The summed E-state index contributed by atoms with van der Waals surface area (Å²) in [4.78, 5) is 2.58. The number of hydrogen-bond donors (Lipinski definition) is 1. The normalized spacial score (nSPS) is 25.4. The smallest absolute Gasteiger partial charge is 0.0503 e. The van der Waals surface area contributed by atoms with E-state index in [0.29, 0.717) is 5.92 Å². The lowest BCUT2D eigenvalue weighted by Gasteiger charge is -2.39. The van der Waals surface area contributed by atoms with E-state index >= 15 is 0 Å². The molecule has 0 spiro atoms. The van der Waals surface area contributed by atoms with E-state index in [2.05, 4.69) is 25.7 Å². The van der Waals surface area contributed by atoms with Crippen LogP contribution in [0.3, 0.4) is 0 Å². The summed E-state index contributed by atoms with van der Waals surface area (Å²) < 4.78 is 5.26. The molecule has 0 aromatic rings. The SMILES string of the molecule is COCC1CCN(C(C)(CN)CCC(C)C)C1. The minimum atomic E-state index is 0.187. The minimum absolute atomic E-state index is 0.187. The second kappa shape index (κ2) is 6.72. The first-order valence-corrected chi connectivity index (χ1v) is 6.96. The number of hydrogen-bond acceptors (Lipinski definition) is 3. The lowest BCUT2D eigenvalue weighted by atomic mass is 9.90. The number of ether oxygens (including phenoxy) is 1. The molecule has 1 heterocycles. The third kappa shape index (κ3) is 4.23. The van der Waals surface area contributed by atoms with Crippen molar-refractivity contribution in [2.45, 2.75) is 45.6 Å². The van der Waals surface area contributed by atoms with E-state index in [4.69, 9.17) is 10.5 Å². The molecule has 2 unspecified atom stereocenters. The first-order valence-electron chi connectivity index (χ1n) is 6.96. The molecule has 1 aliphatic heterocycles. The maximum atomic E-state index is 6.02. The van der Waals surface area contributed by atoms with Crippen molar-refractivity contribution in [3.8, 4) is 0 Å². The van der Waals surface area contributed by atoms with Gasteiger partial charge in [0.15, 0.2) is 0 Å². The maximum Gasteiger partial charge on any atom is 0.0503 e. The topological polar surface area (TPSA) is 38.5 Å². The van der Waals surface area contributed by atoms with E-state index in [1.165, 1.54) is 25.8 Å². The molecule has 17 heavy (non-hydrogen) atoms. The summed E-state index contributed by atoms with van der Waals surface area (Å²) in [7, 11) is 1.80. The Morgan fingerprint density at radius 3 is 2.71 bits per heavy atom. The van der Waals surface area contributed by atoms with Crippen molar-refractivity contribution in [1.29, 1.82) is 0 Å². The van der Waals surface area contributed by atoms with Gasteiger partial charge in [0.05, 0.1) is 6.61 Å². The molecule has 0 aliphatic carbocycles. The van der Waals surface area contributed by atoms with Crippen molar-refractivity contribution < 1.29 is 4.74 Å². The fraction of sp³-hybridized carbons (Fsp3) is 1.00. The molecule has 0 aromatic heterocycles. The molecule has 102 valence electrons. The van der Waals surface area contributed by atoms with E-state index in [0.717, 1.165) is 25.6 Å². The van der Waals surface area contributed by atoms with Gasteiger partial charge < -0.3 is 10.5 Å². The Morgan fingerprint density at radius 1 is 1.47 bits per heavy atom. The van der Waals surface area contributed by atoms with Gasteiger partial charge in [0.2, 0.25) is 0 Å². The highest BCUT2D eigenvalue weighted by molar-refractivity contribution is 4.92.